The van der Waals surface area contributed by atoms with Gasteiger partial charge < -0.3 is 5.11 Å². The van der Waals surface area contributed by atoms with E-state index in [9.17, 15) is 5.11 Å². The van der Waals surface area contributed by atoms with Crippen molar-refractivity contribution in [2.45, 2.75) is 62.9 Å². The summed E-state index contributed by atoms with van der Waals surface area (Å²) in [7, 11) is -1.19. The highest BCUT2D eigenvalue weighted by molar-refractivity contribution is 6.80. The standard InChI is InChI=1S/C12H22OSi/c1-14(2,3)12(7-8-12)11(13)9-10-5-4-6-10/h9,11,13H,4-8H2,1-3H3. The third-order valence-corrected chi connectivity index (χ3v) is 8.02. The molecule has 2 rings (SSSR count). The van der Waals surface area contributed by atoms with Crippen LogP contribution in [0, 0.1) is 0 Å². The summed E-state index contributed by atoms with van der Waals surface area (Å²) in [5, 5.41) is 10.6. The van der Waals surface area contributed by atoms with Gasteiger partial charge in [-0.3, -0.25) is 0 Å². The summed E-state index contributed by atoms with van der Waals surface area (Å²) in [4.78, 5) is 0. The first kappa shape index (κ1) is 10.4. The van der Waals surface area contributed by atoms with Crippen LogP contribution in [0.2, 0.25) is 24.7 Å². The van der Waals surface area contributed by atoms with Crippen molar-refractivity contribution in [3.05, 3.63) is 11.6 Å². The summed E-state index contributed by atoms with van der Waals surface area (Å²) in [5.74, 6) is 0. The van der Waals surface area contributed by atoms with Crippen LogP contribution in [0.3, 0.4) is 0 Å². The van der Waals surface area contributed by atoms with E-state index < -0.39 is 8.07 Å². The van der Waals surface area contributed by atoms with E-state index in [1.165, 1.54) is 37.7 Å². The molecule has 2 fully saturated rings. The molecule has 0 saturated heterocycles. The topological polar surface area (TPSA) is 20.2 Å². The Balaban J connectivity index is 2.07. The SMILES string of the molecule is C[Si](C)(C)C1(C(O)C=C2CCC2)CC1. The first-order chi connectivity index (χ1) is 6.46. The van der Waals surface area contributed by atoms with E-state index in [0.29, 0.717) is 5.04 Å². The maximum Gasteiger partial charge on any atom is 0.0755 e. The van der Waals surface area contributed by atoms with Crippen LogP contribution in [0.5, 0.6) is 0 Å². The Morgan fingerprint density at radius 3 is 2.14 bits per heavy atom. The van der Waals surface area contributed by atoms with Gasteiger partial charge >= 0.3 is 0 Å². The average Bonchev–Trinajstić information content (AvgIpc) is 2.73. The highest BCUT2D eigenvalue weighted by atomic mass is 28.3. The Labute approximate surface area is 88.2 Å². The number of allylic oxidation sites excluding steroid dienone is 1. The van der Waals surface area contributed by atoms with Crippen LogP contribution >= 0.6 is 0 Å². The summed E-state index contributed by atoms with van der Waals surface area (Å²) in [6, 6.07) is 0. The summed E-state index contributed by atoms with van der Waals surface area (Å²) in [5.41, 5.74) is 1.50. The van der Waals surface area contributed by atoms with Gasteiger partial charge in [-0.1, -0.05) is 31.3 Å². The zero-order chi connectivity index (χ0) is 10.4. The second-order valence-corrected chi connectivity index (χ2v) is 11.5. The van der Waals surface area contributed by atoms with Crippen molar-refractivity contribution in [2.24, 2.45) is 0 Å². The molecule has 1 N–H and O–H groups in total. The molecular weight excluding hydrogens is 188 g/mol. The minimum Gasteiger partial charge on any atom is -0.389 e. The molecule has 1 nitrogen and oxygen atoms in total. The first-order valence-corrected chi connectivity index (χ1v) is 9.33. The Morgan fingerprint density at radius 1 is 1.29 bits per heavy atom. The fourth-order valence-electron chi connectivity index (χ4n) is 2.55. The molecule has 0 bridgehead atoms. The van der Waals surface area contributed by atoms with Gasteiger partial charge in [0.05, 0.1) is 14.2 Å². The number of hydrogen-bond donors (Lipinski definition) is 1. The fraction of sp³-hybridized carbons (Fsp3) is 0.833. The number of hydrogen-bond acceptors (Lipinski definition) is 1. The minimum absolute atomic E-state index is 0.135. The molecule has 0 aromatic rings. The molecule has 0 heterocycles. The van der Waals surface area contributed by atoms with Crippen molar-refractivity contribution in [1.29, 1.82) is 0 Å². The van der Waals surface area contributed by atoms with Gasteiger partial charge in [-0.15, -0.1) is 0 Å². The molecular formula is C12H22OSi. The Kier molecular flexibility index (Phi) is 2.39. The Bertz CT molecular complexity index is 252. The predicted octanol–water partition coefficient (Wildman–Crippen LogP) is 3.33. The van der Waals surface area contributed by atoms with Gasteiger partial charge in [0.25, 0.3) is 0 Å². The van der Waals surface area contributed by atoms with Gasteiger partial charge in [0.15, 0.2) is 0 Å². The van der Waals surface area contributed by atoms with Crippen molar-refractivity contribution in [2.75, 3.05) is 0 Å². The molecule has 2 aliphatic carbocycles. The maximum absolute atomic E-state index is 10.3. The lowest BCUT2D eigenvalue weighted by Crippen LogP contribution is -2.37. The van der Waals surface area contributed by atoms with Crippen molar-refractivity contribution in [3.63, 3.8) is 0 Å². The maximum atomic E-state index is 10.3. The van der Waals surface area contributed by atoms with Crippen LogP contribution in [-0.2, 0) is 0 Å². The fourth-order valence-corrected chi connectivity index (χ4v) is 5.15. The molecule has 0 spiro atoms. The molecule has 0 aromatic carbocycles. The van der Waals surface area contributed by atoms with E-state index in [1.54, 1.807) is 0 Å². The lowest BCUT2D eigenvalue weighted by molar-refractivity contribution is 0.200. The monoisotopic (exact) mass is 210 g/mol. The van der Waals surface area contributed by atoms with Crippen LogP contribution in [0.25, 0.3) is 0 Å². The van der Waals surface area contributed by atoms with Gasteiger partial charge in [-0.2, -0.15) is 0 Å². The summed E-state index contributed by atoms with van der Waals surface area (Å²) in [6.07, 6.45) is 8.36. The predicted molar refractivity (Wildman–Crippen MR) is 63.2 cm³/mol. The molecule has 80 valence electrons. The Hall–Kier alpha value is -0.0831. The third kappa shape index (κ3) is 1.59. The zero-order valence-electron chi connectivity index (χ0n) is 9.64. The van der Waals surface area contributed by atoms with E-state index in [2.05, 4.69) is 25.7 Å². The molecule has 0 aliphatic heterocycles. The number of aliphatic hydroxyl groups excluding tert-OH is 1. The van der Waals surface area contributed by atoms with E-state index in [-0.39, 0.29) is 6.10 Å². The van der Waals surface area contributed by atoms with E-state index in [4.69, 9.17) is 0 Å². The molecule has 0 amide bonds. The number of aliphatic hydroxyl groups is 1. The molecule has 2 heteroatoms. The molecule has 1 unspecified atom stereocenters. The van der Waals surface area contributed by atoms with Crippen LogP contribution in [0.4, 0.5) is 0 Å². The lowest BCUT2D eigenvalue weighted by Gasteiger charge is -2.33. The Morgan fingerprint density at radius 2 is 1.86 bits per heavy atom. The largest absolute Gasteiger partial charge is 0.389 e. The van der Waals surface area contributed by atoms with E-state index in [1.807, 2.05) is 0 Å². The quantitative estimate of drug-likeness (QED) is 0.559. The molecule has 0 radical (unpaired) electrons. The van der Waals surface area contributed by atoms with Gasteiger partial charge in [0.2, 0.25) is 0 Å². The molecule has 1 atom stereocenters. The highest BCUT2D eigenvalue weighted by Crippen LogP contribution is 2.63. The van der Waals surface area contributed by atoms with Gasteiger partial charge in [-0.05, 0) is 37.1 Å². The van der Waals surface area contributed by atoms with Crippen LogP contribution in [0.1, 0.15) is 32.1 Å². The normalized spacial score (nSPS) is 26.7. The molecule has 0 aromatic heterocycles. The molecule has 2 aliphatic rings. The van der Waals surface area contributed by atoms with Gasteiger partial charge in [-0.25, -0.2) is 0 Å². The van der Waals surface area contributed by atoms with Crippen LogP contribution < -0.4 is 0 Å². The summed E-state index contributed by atoms with van der Waals surface area (Å²) >= 11 is 0. The average molecular weight is 210 g/mol. The molecule has 14 heavy (non-hydrogen) atoms. The van der Waals surface area contributed by atoms with Crippen molar-refractivity contribution < 1.29 is 5.11 Å². The third-order valence-electron chi connectivity index (χ3n) is 4.24. The summed E-state index contributed by atoms with van der Waals surface area (Å²) < 4.78 is 0. The lowest BCUT2D eigenvalue weighted by atomic mass is 9.90. The highest BCUT2D eigenvalue weighted by Gasteiger charge is 2.56. The molecule has 2 saturated carbocycles. The second-order valence-electron chi connectivity index (χ2n) is 6.03. The van der Waals surface area contributed by atoms with E-state index in [0.717, 1.165) is 0 Å². The summed E-state index contributed by atoms with van der Waals surface area (Å²) in [6.45, 7) is 7.17. The van der Waals surface area contributed by atoms with Gasteiger partial charge in [0.1, 0.15) is 0 Å². The van der Waals surface area contributed by atoms with Crippen molar-refractivity contribution in [3.8, 4) is 0 Å². The van der Waals surface area contributed by atoms with Gasteiger partial charge in [0, 0.05) is 0 Å². The van der Waals surface area contributed by atoms with E-state index >= 15 is 0 Å². The second kappa shape index (κ2) is 3.21. The first-order valence-electron chi connectivity index (χ1n) is 5.83. The van der Waals surface area contributed by atoms with Crippen molar-refractivity contribution in [1.82, 2.24) is 0 Å². The smallest absolute Gasteiger partial charge is 0.0755 e. The van der Waals surface area contributed by atoms with Crippen molar-refractivity contribution >= 4 is 8.07 Å². The minimum atomic E-state index is -1.19. The zero-order valence-corrected chi connectivity index (χ0v) is 10.6. The van der Waals surface area contributed by atoms with Crippen LogP contribution in [-0.4, -0.2) is 19.3 Å². The van der Waals surface area contributed by atoms with Crippen LogP contribution in [0.15, 0.2) is 11.6 Å². The number of rotatable bonds is 3.